The summed E-state index contributed by atoms with van der Waals surface area (Å²) in [6.07, 6.45) is 26.1. The van der Waals surface area contributed by atoms with Gasteiger partial charge < -0.3 is 12.4 Å². The second-order valence-corrected chi connectivity index (χ2v) is 5.62. The second-order valence-electron chi connectivity index (χ2n) is 5.62. The van der Waals surface area contributed by atoms with Crippen LogP contribution in [0.25, 0.3) is 0 Å². The number of hydrogen-bond acceptors (Lipinski definition) is 0. The van der Waals surface area contributed by atoms with E-state index < -0.39 is 0 Å². The number of hydrogen-bond donors (Lipinski definition) is 0. The molecular formula is C18H22ClLa. The Balaban J connectivity index is 0.000000182. The summed E-state index contributed by atoms with van der Waals surface area (Å²) < 4.78 is 0. The van der Waals surface area contributed by atoms with Gasteiger partial charge in [0.15, 0.2) is 0 Å². The third kappa shape index (κ3) is 4.60. The van der Waals surface area contributed by atoms with Gasteiger partial charge in [-0.25, -0.2) is 36.1 Å². The molecule has 0 N–H and O–H groups in total. The molecule has 4 aliphatic rings. The quantitative estimate of drug-likeness (QED) is 0.534. The molecule has 0 aromatic heterocycles. The van der Waals surface area contributed by atoms with Crippen molar-refractivity contribution in [1.29, 1.82) is 0 Å². The van der Waals surface area contributed by atoms with Crippen LogP contribution in [0.15, 0.2) is 47.6 Å². The summed E-state index contributed by atoms with van der Waals surface area (Å²) in [5, 5.41) is 0. The summed E-state index contributed by atoms with van der Waals surface area (Å²) in [4.78, 5) is 0. The van der Waals surface area contributed by atoms with Gasteiger partial charge in [-0.05, 0) is 24.7 Å². The first kappa shape index (κ1) is 18.2. The Morgan fingerprint density at radius 3 is 1.65 bits per heavy atom. The summed E-state index contributed by atoms with van der Waals surface area (Å²) in [5.74, 6) is 1.77. The molecule has 2 atom stereocenters. The maximum Gasteiger partial charge on any atom is 3.00 e. The molecule has 4 rings (SSSR count). The van der Waals surface area contributed by atoms with E-state index in [0.717, 1.165) is 11.8 Å². The predicted octanol–water partition coefficient (Wildman–Crippen LogP) is 1.98. The maximum absolute atomic E-state index is 2.37. The topological polar surface area (TPSA) is 0 Å². The minimum absolute atomic E-state index is 0. The van der Waals surface area contributed by atoms with Gasteiger partial charge in [0.25, 0.3) is 0 Å². The van der Waals surface area contributed by atoms with E-state index in [1.165, 1.54) is 38.5 Å². The molecule has 0 heterocycles. The van der Waals surface area contributed by atoms with Crippen LogP contribution in [0.5, 0.6) is 0 Å². The maximum atomic E-state index is 2.37. The van der Waals surface area contributed by atoms with Crippen molar-refractivity contribution >= 4 is 0 Å². The summed E-state index contributed by atoms with van der Waals surface area (Å²) in [6, 6.07) is 0. The summed E-state index contributed by atoms with van der Waals surface area (Å²) in [6.45, 7) is 0. The molecule has 2 fully saturated rings. The molecule has 20 heavy (non-hydrogen) atoms. The smallest absolute Gasteiger partial charge is 1.00 e. The Hall–Kier alpha value is 0.185. The van der Waals surface area contributed by atoms with Crippen molar-refractivity contribution < 1.29 is 48.0 Å². The van der Waals surface area contributed by atoms with E-state index in [-0.39, 0.29) is 48.0 Å². The van der Waals surface area contributed by atoms with E-state index in [0.29, 0.717) is 0 Å². The van der Waals surface area contributed by atoms with Crippen molar-refractivity contribution in [3.05, 3.63) is 60.4 Å². The van der Waals surface area contributed by atoms with Crippen molar-refractivity contribution in [2.75, 3.05) is 0 Å². The standard InChI is InChI=1S/2C9H11.ClH.La/c2*1-2-5-9-7-3-6-8(9)4-1;;/h2*1-2,4,6,9H,3,5,7H2;1H;/q2*-1;;+3/p-1. The van der Waals surface area contributed by atoms with Gasteiger partial charge in [-0.3, -0.25) is 0 Å². The fourth-order valence-corrected chi connectivity index (χ4v) is 3.33. The fraction of sp³-hybridized carbons (Fsp3) is 0.444. The van der Waals surface area contributed by atoms with E-state index in [1.54, 1.807) is 11.1 Å². The normalized spacial score (nSPS) is 28.0. The Morgan fingerprint density at radius 1 is 0.800 bits per heavy atom. The van der Waals surface area contributed by atoms with E-state index in [1.807, 2.05) is 0 Å². The Labute approximate surface area is 157 Å². The molecule has 0 aliphatic heterocycles. The molecule has 0 aromatic carbocycles. The van der Waals surface area contributed by atoms with E-state index in [9.17, 15) is 0 Å². The molecule has 2 saturated carbocycles. The van der Waals surface area contributed by atoms with Crippen molar-refractivity contribution in [2.45, 2.75) is 38.5 Å². The molecule has 0 radical (unpaired) electrons. The van der Waals surface area contributed by atoms with Gasteiger partial charge in [0.2, 0.25) is 0 Å². The number of fused-ring (bicyclic) bond motifs is 2. The molecule has 104 valence electrons. The van der Waals surface area contributed by atoms with Gasteiger partial charge in [0.1, 0.15) is 0 Å². The first-order valence-electron chi connectivity index (χ1n) is 7.33. The van der Waals surface area contributed by atoms with Crippen LogP contribution in [0.4, 0.5) is 0 Å². The van der Waals surface area contributed by atoms with Crippen LogP contribution >= 0.6 is 0 Å². The van der Waals surface area contributed by atoms with Crippen molar-refractivity contribution in [3.63, 3.8) is 0 Å². The van der Waals surface area contributed by atoms with Gasteiger partial charge in [0.05, 0.1) is 0 Å². The molecule has 2 unspecified atom stereocenters. The number of allylic oxidation sites excluding steroid dienone is 8. The van der Waals surface area contributed by atoms with Crippen molar-refractivity contribution in [1.82, 2.24) is 0 Å². The summed E-state index contributed by atoms with van der Waals surface area (Å²) >= 11 is 0. The average molecular weight is 413 g/mol. The van der Waals surface area contributed by atoms with Gasteiger partial charge >= 0.3 is 35.6 Å². The summed E-state index contributed by atoms with van der Waals surface area (Å²) in [5.41, 5.74) is 3.16. The molecule has 0 aromatic rings. The Bertz CT molecular complexity index is 377. The molecule has 0 nitrogen and oxygen atoms in total. The van der Waals surface area contributed by atoms with Gasteiger partial charge in [-0.1, -0.05) is 12.8 Å². The minimum Gasteiger partial charge on any atom is -1.00 e. The SMILES string of the molecule is C1=CCC2CC[CH-]C2=C1.C1=CCC2CC[CH-]C2=C1.[Cl-].[La+3]. The Kier molecular flexibility index (Phi) is 8.44. The third-order valence-electron chi connectivity index (χ3n) is 4.42. The first-order valence-corrected chi connectivity index (χ1v) is 7.33. The van der Waals surface area contributed by atoms with Gasteiger partial charge in [-0.2, -0.15) is 0 Å². The zero-order chi connectivity index (χ0) is 12.2. The molecule has 0 amide bonds. The van der Waals surface area contributed by atoms with E-state index >= 15 is 0 Å². The fourth-order valence-electron chi connectivity index (χ4n) is 3.33. The average Bonchev–Trinajstić information content (AvgIpc) is 3.08. The van der Waals surface area contributed by atoms with Crippen LogP contribution in [0.1, 0.15) is 38.5 Å². The van der Waals surface area contributed by atoms with Crippen LogP contribution < -0.4 is 12.4 Å². The number of rotatable bonds is 0. The molecule has 2 heteroatoms. The molecule has 4 aliphatic carbocycles. The molecule has 0 bridgehead atoms. The zero-order valence-corrected chi connectivity index (χ0v) is 16.4. The van der Waals surface area contributed by atoms with Crippen LogP contribution in [-0.2, 0) is 0 Å². The largest absolute Gasteiger partial charge is 3.00 e. The van der Waals surface area contributed by atoms with Gasteiger partial charge in [0, 0.05) is 0 Å². The van der Waals surface area contributed by atoms with Crippen molar-refractivity contribution in [2.24, 2.45) is 11.8 Å². The summed E-state index contributed by atoms with van der Waals surface area (Å²) in [7, 11) is 0. The Morgan fingerprint density at radius 2 is 1.25 bits per heavy atom. The molecule has 0 saturated heterocycles. The zero-order valence-electron chi connectivity index (χ0n) is 12.0. The predicted molar refractivity (Wildman–Crippen MR) is 77.7 cm³/mol. The van der Waals surface area contributed by atoms with E-state index in [2.05, 4.69) is 49.3 Å². The van der Waals surface area contributed by atoms with Crippen LogP contribution in [-0.4, -0.2) is 0 Å². The third-order valence-corrected chi connectivity index (χ3v) is 4.42. The van der Waals surface area contributed by atoms with Gasteiger partial charge in [-0.15, -0.1) is 37.1 Å². The van der Waals surface area contributed by atoms with Crippen LogP contribution in [0.3, 0.4) is 0 Å². The van der Waals surface area contributed by atoms with Crippen molar-refractivity contribution in [3.8, 4) is 0 Å². The second kappa shape index (κ2) is 9.25. The monoisotopic (exact) mass is 412 g/mol. The van der Waals surface area contributed by atoms with E-state index in [4.69, 9.17) is 0 Å². The van der Waals surface area contributed by atoms with Crippen LogP contribution in [0, 0.1) is 60.3 Å². The molecule has 0 spiro atoms. The first-order chi connectivity index (χ1) is 8.93. The number of halogens is 1. The minimum atomic E-state index is 0. The molecular weight excluding hydrogens is 391 g/mol. The van der Waals surface area contributed by atoms with Crippen LogP contribution in [0.2, 0.25) is 0 Å².